The van der Waals surface area contributed by atoms with E-state index in [1.54, 1.807) is 4.90 Å². The molecule has 0 saturated heterocycles. The van der Waals surface area contributed by atoms with Crippen LogP contribution in [0, 0.1) is 19.8 Å². The van der Waals surface area contributed by atoms with E-state index in [0.29, 0.717) is 31.2 Å². The fraction of sp³-hybridized carbons (Fsp3) is 0.440. The SMILES string of the molecule is CCC(C(=O)NCC(C)C)N(Cc1ccccc1C)C(=O)COc1ccccc1C. The Balaban J connectivity index is 2.22. The van der Waals surface area contributed by atoms with Crippen LogP contribution in [0.25, 0.3) is 0 Å². The lowest BCUT2D eigenvalue weighted by atomic mass is 10.1. The Morgan fingerprint density at radius 1 is 1.00 bits per heavy atom. The molecule has 162 valence electrons. The second-order valence-electron chi connectivity index (χ2n) is 8.07. The molecule has 2 aromatic carbocycles. The van der Waals surface area contributed by atoms with Crippen LogP contribution in [0.3, 0.4) is 0 Å². The molecule has 1 atom stereocenters. The molecule has 2 rings (SSSR count). The van der Waals surface area contributed by atoms with Gasteiger partial charge in [-0.25, -0.2) is 0 Å². The third-order valence-corrected chi connectivity index (χ3v) is 5.12. The summed E-state index contributed by atoms with van der Waals surface area (Å²) in [6.07, 6.45) is 0.534. The highest BCUT2D eigenvalue weighted by molar-refractivity contribution is 5.88. The second kappa shape index (κ2) is 11.4. The zero-order chi connectivity index (χ0) is 22.1. The van der Waals surface area contributed by atoms with Crippen LogP contribution in [-0.2, 0) is 16.1 Å². The molecular formula is C25H34N2O3. The van der Waals surface area contributed by atoms with E-state index in [9.17, 15) is 9.59 Å². The van der Waals surface area contributed by atoms with E-state index in [1.165, 1.54) is 0 Å². The van der Waals surface area contributed by atoms with Gasteiger partial charge < -0.3 is 15.0 Å². The first-order chi connectivity index (χ1) is 14.3. The van der Waals surface area contributed by atoms with Gasteiger partial charge in [0.15, 0.2) is 6.61 Å². The maximum Gasteiger partial charge on any atom is 0.261 e. The van der Waals surface area contributed by atoms with Crippen molar-refractivity contribution in [1.29, 1.82) is 0 Å². The predicted molar refractivity (Wildman–Crippen MR) is 120 cm³/mol. The van der Waals surface area contributed by atoms with E-state index < -0.39 is 6.04 Å². The molecule has 0 radical (unpaired) electrons. The highest BCUT2D eigenvalue weighted by Gasteiger charge is 2.29. The van der Waals surface area contributed by atoms with Gasteiger partial charge in [-0.2, -0.15) is 0 Å². The molecule has 0 aliphatic rings. The van der Waals surface area contributed by atoms with Crippen LogP contribution in [0.15, 0.2) is 48.5 Å². The summed E-state index contributed by atoms with van der Waals surface area (Å²) in [7, 11) is 0. The molecule has 0 aliphatic heterocycles. The standard InChI is InChI=1S/C25H34N2O3/c1-6-22(25(29)26-15-18(2)3)27(16-21-13-9-7-11-19(21)4)24(28)17-30-23-14-10-8-12-20(23)5/h7-14,18,22H,6,15-17H2,1-5H3,(H,26,29). The lowest BCUT2D eigenvalue weighted by molar-refractivity contribution is -0.143. The molecule has 2 aromatic rings. The van der Waals surface area contributed by atoms with Crippen LogP contribution >= 0.6 is 0 Å². The van der Waals surface area contributed by atoms with Crippen LogP contribution in [-0.4, -0.2) is 35.9 Å². The Labute approximate surface area is 180 Å². The van der Waals surface area contributed by atoms with Crippen molar-refractivity contribution >= 4 is 11.8 Å². The minimum absolute atomic E-state index is 0.106. The molecule has 0 aliphatic carbocycles. The van der Waals surface area contributed by atoms with Gasteiger partial charge in [0.1, 0.15) is 11.8 Å². The predicted octanol–water partition coefficient (Wildman–Crippen LogP) is 4.26. The average molecular weight is 411 g/mol. The van der Waals surface area contributed by atoms with Gasteiger partial charge >= 0.3 is 0 Å². The van der Waals surface area contributed by atoms with E-state index in [0.717, 1.165) is 16.7 Å². The van der Waals surface area contributed by atoms with Gasteiger partial charge in [-0.15, -0.1) is 0 Å². The summed E-state index contributed by atoms with van der Waals surface area (Å²) < 4.78 is 5.80. The number of carbonyl (C=O) groups excluding carboxylic acids is 2. The second-order valence-corrected chi connectivity index (χ2v) is 8.07. The number of amides is 2. The Morgan fingerprint density at radius 3 is 2.23 bits per heavy atom. The van der Waals surface area contributed by atoms with Gasteiger partial charge in [0.2, 0.25) is 5.91 Å². The molecule has 1 N–H and O–H groups in total. The fourth-order valence-electron chi connectivity index (χ4n) is 3.25. The van der Waals surface area contributed by atoms with Crippen LogP contribution in [0.1, 0.15) is 43.9 Å². The van der Waals surface area contributed by atoms with Crippen LogP contribution < -0.4 is 10.1 Å². The smallest absolute Gasteiger partial charge is 0.261 e. The molecule has 30 heavy (non-hydrogen) atoms. The Hall–Kier alpha value is -2.82. The summed E-state index contributed by atoms with van der Waals surface area (Å²) in [5.74, 6) is 0.701. The number of nitrogens with zero attached hydrogens (tertiary/aromatic N) is 1. The minimum atomic E-state index is -0.545. The molecule has 2 amide bonds. The Bertz CT molecular complexity index is 848. The molecule has 1 unspecified atom stereocenters. The van der Waals surface area contributed by atoms with Gasteiger partial charge in [-0.05, 0) is 48.9 Å². The number of ether oxygens (including phenoxy) is 1. The van der Waals surface area contributed by atoms with Crippen LogP contribution in [0.2, 0.25) is 0 Å². The maximum absolute atomic E-state index is 13.2. The van der Waals surface area contributed by atoms with Crippen molar-refractivity contribution < 1.29 is 14.3 Å². The highest BCUT2D eigenvalue weighted by atomic mass is 16.5. The van der Waals surface area contributed by atoms with E-state index in [-0.39, 0.29) is 18.4 Å². The van der Waals surface area contributed by atoms with Crippen LogP contribution in [0.4, 0.5) is 0 Å². The molecule has 0 heterocycles. The molecule has 0 aromatic heterocycles. The van der Waals surface area contributed by atoms with Crippen LogP contribution in [0.5, 0.6) is 5.75 Å². The number of rotatable bonds is 10. The quantitative estimate of drug-likeness (QED) is 0.637. The maximum atomic E-state index is 13.2. The molecule has 0 spiro atoms. The van der Waals surface area contributed by atoms with Crippen molar-refractivity contribution in [3.63, 3.8) is 0 Å². The Morgan fingerprint density at radius 2 is 1.63 bits per heavy atom. The first kappa shape index (κ1) is 23.5. The van der Waals surface area contributed by atoms with Crippen molar-refractivity contribution in [3.8, 4) is 5.75 Å². The fourth-order valence-corrected chi connectivity index (χ4v) is 3.25. The summed E-state index contributed by atoms with van der Waals surface area (Å²) in [5, 5.41) is 2.98. The largest absolute Gasteiger partial charge is 0.484 e. The normalized spacial score (nSPS) is 11.8. The zero-order valence-electron chi connectivity index (χ0n) is 18.8. The van der Waals surface area contributed by atoms with Gasteiger partial charge in [0, 0.05) is 13.1 Å². The molecule has 5 heteroatoms. The van der Waals surface area contributed by atoms with E-state index in [1.807, 2.05) is 83.1 Å². The number of benzene rings is 2. The summed E-state index contributed by atoms with van der Waals surface area (Å²) in [6.45, 7) is 10.8. The number of carbonyl (C=O) groups is 2. The molecular weight excluding hydrogens is 376 g/mol. The number of para-hydroxylation sites is 1. The van der Waals surface area contributed by atoms with Gasteiger partial charge in [0.25, 0.3) is 5.91 Å². The van der Waals surface area contributed by atoms with Gasteiger partial charge in [0.05, 0.1) is 0 Å². The van der Waals surface area contributed by atoms with E-state index in [2.05, 4.69) is 5.32 Å². The number of nitrogens with one attached hydrogen (secondary N) is 1. The van der Waals surface area contributed by atoms with Gasteiger partial charge in [-0.1, -0.05) is 63.2 Å². The minimum Gasteiger partial charge on any atom is -0.484 e. The van der Waals surface area contributed by atoms with Gasteiger partial charge in [-0.3, -0.25) is 9.59 Å². The summed E-state index contributed by atoms with van der Waals surface area (Å²) in [4.78, 5) is 27.7. The highest BCUT2D eigenvalue weighted by Crippen LogP contribution is 2.18. The summed E-state index contributed by atoms with van der Waals surface area (Å²) in [6, 6.07) is 15.0. The molecule has 0 bridgehead atoms. The Kier molecular flexibility index (Phi) is 8.90. The lowest BCUT2D eigenvalue weighted by Gasteiger charge is -2.31. The molecule has 5 nitrogen and oxygen atoms in total. The number of hydrogen-bond donors (Lipinski definition) is 1. The van der Waals surface area contributed by atoms with Crippen molar-refractivity contribution in [3.05, 3.63) is 65.2 Å². The molecule has 0 saturated carbocycles. The summed E-state index contributed by atoms with van der Waals surface area (Å²) >= 11 is 0. The van der Waals surface area contributed by atoms with Crippen molar-refractivity contribution in [1.82, 2.24) is 10.2 Å². The first-order valence-electron chi connectivity index (χ1n) is 10.6. The van der Waals surface area contributed by atoms with E-state index >= 15 is 0 Å². The third kappa shape index (κ3) is 6.61. The first-order valence-corrected chi connectivity index (χ1v) is 10.6. The monoisotopic (exact) mass is 410 g/mol. The average Bonchev–Trinajstić information content (AvgIpc) is 2.72. The number of hydrogen-bond acceptors (Lipinski definition) is 3. The van der Waals surface area contributed by atoms with Crippen molar-refractivity contribution in [2.75, 3.05) is 13.2 Å². The van der Waals surface area contributed by atoms with Crippen molar-refractivity contribution in [2.45, 2.75) is 53.6 Å². The third-order valence-electron chi connectivity index (χ3n) is 5.12. The van der Waals surface area contributed by atoms with Crippen molar-refractivity contribution in [2.24, 2.45) is 5.92 Å². The summed E-state index contributed by atoms with van der Waals surface area (Å²) in [5.41, 5.74) is 3.09. The molecule has 0 fully saturated rings. The number of aryl methyl sites for hydroxylation is 2. The zero-order valence-corrected chi connectivity index (χ0v) is 18.8. The van der Waals surface area contributed by atoms with E-state index in [4.69, 9.17) is 4.74 Å². The lowest BCUT2D eigenvalue weighted by Crippen LogP contribution is -2.50. The topological polar surface area (TPSA) is 58.6 Å².